The minimum Gasteiger partial charge on any atom is -0.489 e. The summed E-state index contributed by atoms with van der Waals surface area (Å²) in [5.74, 6) is 0.626. The molecular formula is C13H18N2O3. The fraction of sp³-hybridized carbons (Fsp3) is 0.538. The zero-order valence-corrected chi connectivity index (χ0v) is 10.7. The lowest BCUT2D eigenvalue weighted by atomic mass is 10.1. The highest BCUT2D eigenvalue weighted by atomic mass is 16.6. The minimum atomic E-state index is -0.360. The zero-order valence-electron chi connectivity index (χ0n) is 10.7. The molecule has 1 unspecified atom stereocenters. The number of nitro benzene ring substituents is 1. The molecule has 1 aliphatic heterocycles. The second-order valence-electron chi connectivity index (χ2n) is 4.75. The Morgan fingerprint density at radius 1 is 1.39 bits per heavy atom. The largest absolute Gasteiger partial charge is 0.489 e. The second-order valence-corrected chi connectivity index (χ2v) is 4.75. The fourth-order valence-corrected chi connectivity index (χ4v) is 2.25. The molecule has 0 amide bonds. The third kappa shape index (κ3) is 2.79. The third-order valence-electron chi connectivity index (χ3n) is 3.24. The standard InChI is InChI=1S/C13H18N2O3/c1-9-6-10(2)13(7-12(9)15(16)17)18-11-4-3-5-14-8-11/h6-7,11,14H,3-5,8H2,1-2H3. The Morgan fingerprint density at radius 3 is 2.78 bits per heavy atom. The molecule has 1 aromatic rings. The highest BCUT2D eigenvalue weighted by Crippen LogP contribution is 2.29. The van der Waals surface area contributed by atoms with Crippen molar-refractivity contribution in [1.82, 2.24) is 5.32 Å². The number of nitrogens with zero attached hydrogens (tertiary/aromatic N) is 1. The van der Waals surface area contributed by atoms with Crippen molar-refractivity contribution >= 4 is 5.69 Å². The molecule has 0 spiro atoms. The monoisotopic (exact) mass is 250 g/mol. The summed E-state index contributed by atoms with van der Waals surface area (Å²) in [6.07, 6.45) is 2.19. The van der Waals surface area contributed by atoms with Gasteiger partial charge in [0.15, 0.2) is 0 Å². The van der Waals surface area contributed by atoms with Crippen LogP contribution in [-0.4, -0.2) is 24.1 Å². The average Bonchev–Trinajstić information content (AvgIpc) is 2.33. The molecule has 1 N–H and O–H groups in total. The Labute approximate surface area is 106 Å². The van der Waals surface area contributed by atoms with Crippen LogP contribution in [0.25, 0.3) is 0 Å². The van der Waals surface area contributed by atoms with Crippen LogP contribution in [-0.2, 0) is 0 Å². The molecule has 5 heteroatoms. The predicted octanol–water partition coefficient (Wildman–Crippen LogP) is 2.34. The van der Waals surface area contributed by atoms with Gasteiger partial charge in [-0.25, -0.2) is 0 Å². The van der Waals surface area contributed by atoms with E-state index in [0.717, 1.165) is 31.5 Å². The van der Waals surface area contributed by atoms with Gasteiger partial charge in [0, 0.05) is 12.1 Å². The highest BCUT2D eigenvalue weighted by molar-refractivity contribution is 5.49. The van der Waals surface area contributed by atoms with Gasteiger partial charge in [-0.2, -0.15) is 0 Å². The average molecular weight is 250 g/mol. The maximum absolute atomic E-state index is 10.9. The molecule has 1 atom stereocenters. The van der Waals surface area contributed by atoms with Gasteiger partial charge in [-0.1, -0.05) is 0 Å². The molecule has 0 bridgehead atoms. The van der Waals surface area contributed by atoms with E-state index in [9.17, 15) is 10.1 Å². The molecule has 0 saturated carbocycles. The van der Waals surface area contributed by atoms with Crippen molar-refractivity contribution in [2.24, 2.45) is 0 Å². The van der Waals surface area contributed by atoms with Gasteiger partial charge in [0.05, 0.1) is 11.0 Å². The van der Waals surface area contributed by atoms with Gasteiger partial charge >= 0.3 is 0 Å². The highest BCUT2D eigenvalue weighted by Gasteiger charge is 2.19. The number of nitro groups is 1. The van der Waals surface area contributed by atoms with E-state index in [1.807, 2.05) is 13.0 Å². The van der Waals surface area contributed by atoms with Crippen molar-refractivity contribution in [3.05, 3.63) is 33.4 Å². The van der Waals surface area contributed by atoms with Gasteiger partial charge in [0.2, 0.25) is 0 Å². The van der Waals surface area contributed by atoms with E-state index < -0.39 is 0 Å². The number of nitrogens with one attached hydrogen (secondary N) is 1. The smallest absolute Gasteiger partial charge is 0.276 e. The van der Waals surface area contributed by atoms with Crippen molar-refractivity contribution in [3.8, 4) is 5.75 Å². The number of aryl methyl sites for hydroxylation is 2. The fourth-order valence-electron chi connectivity index (χ4n) is 2.25. The van der Waals surface area contributed by atoms with Crippen LogP contribution in [0.15, 0.2) is 12.1 Å². The predicted molar refractivity (Wildman–Crippen MR) is 69.1 cm³/mol. The molecule has 5 nitrogen and oxygen atoms in total. The van der Waals surface area contributed by atoms with E-state index in [1.54, 1.807) is 13.0 Å². The molecule has 1 heterocycles. The molecule has 1 fully saturated rings. The van der Waals surface area contributed by atoms with Gasteiger partial charge in [0.1, 0.15) is 11.9 Å². The van der Waals surface area contributed by atoms with Crippen LogP contribution in [0.1, 0.15) is 24.0 Å². The maximum Gasteiger partial charge on any atom is 0.276 e. The second kappa shape index (κ2) is 5.35. The zero-order chi connectivity index (χ0) is 13.1. The lowest BCUT2D eigenvalue weighted by Gasteiger charge is -2.24. The summed E-state index contributed by atoms with van der Waals surface area (Å²) in [6, 6.07) is 3.35. The molecule has 0 radical (unpaired) electrons. The van der Waals surface area contributed by atoms with E-state index >= 15 is 0 Å². The molecule has 0 aliphatic carbocycles. The van der Waals surface area contributed by atoms with Crippen LogP contribution >= 0.6 is 0 Å². The van der Waals surface area contributed by atoms with E-state index in [4.69, 9.17) is 4.74 Å². The van der Waals surface area contributed by atoms with Gasteiger partial charge in [-0.15, -0.1) is 0 Å². The number of hydrogen-bond donors (Lipinski definition) is 1. The lowest BCUT2D eigenvalue weighted by molar-refractivity contribution is -0.385. The molecule has 18 heavy (non-hydrogen) atoms. The van der Waals surface area contributed by atoms with Crippen molar-refractivity contribution < 1.29 is 9.66 Å². The molecule has 1 saturated heterocycles. The number of piperidine rings is 1. The van der Waals surface area contributed by atoms with Gasteiger partial charge < -0.3 is 10.1 Å². The van der Waals surface area contributed by atoms with Crippen molar-refractivity contribution in [3.63, 3.8) is 0 Å². The number of ether oxygens (including phenoxy) is 1. The van der Waals surface area contributed by atoms with Crippen LogP contribution in [0.2, 0.25) is 0 Å². The Bertz CT molecular complexity index is 454. The molecule has 0 aromatic heterocycles. The van der Waals surface area contributed by atoms with Gasteiger partial charge in [-0.05, 0) is 44.9 Å². The maximum atomic E-state index is 10.9. The summed E-state index contributed by atoms with van der Waals surface area (Å²) < 4.78 is 5.86. The Morgan fingerprint density at radius 2 is 2.17 bits per heavy atom. The van der Waals surface area contributed by atoms with Crippen LogP contribution < -0.4 is 10.1 Å². The molecule has 2 rings (SSSR count). The van der Waals surface area contributed by atoms with E-state index in [1.165, 1.54) is 0 Å². The summed E-state index contributed by atoms with van der Waals surface area (Å²) in [5.41, 5.74) is 1.75. The first-order chi connectivity index (χ1) is 8.58. The van der Waals surface area contributed by atoms with Crippen LogP contribution in [0.3, 0.4) is 0 Å². The summed E-state index contributed by atoms with van der Waals surface area (Å²) in [4.78, 5) is 10.6. The number of hydrogen-bond acceptors (Lipinski definition) is 4. The molecule has 98 valence electrons. The summed E-state index contributed by atoms with van der Waals surface area (Å²) in [5, 5.41) is 14.2. The quantitative estimate of drug-likeness (QED) is 0.660. The van der Waals surface area contributed by atoms with Crippen molar-refractivity contribution in [2.45, 2.75) is 32.8 Å². The molecule has 1 aromatic carbocycles. The Kier molecular flexibility index (Phi) is 3.81. The normalized spacial score (nSPS) is 19.6. The molecular weight excluding hydrogens is 232 g/mol. The van der Waals surface area contributed by atoms with Crippen molar-refractivity contribution in [2.75, 3.05) is 13.1 Å². The summed E-state index contributed by atoms with van der Waals surface area (Å²) >= 11 is 0. The van der Waals surface area contributed by atoms with Crippen molar-refractivity contribution in [1.29, 1.82) is 0 Å². The Hall–Kier alpha value is -1.62. The Balaban J connectivity index is 2.21. The van der Waals surface area contributed by atoms with Gasteiger partial charge in [0.25, 0.3) is 5.69 Å². The van der Waals surface area contributed by atoms with E-state index in [0.29, 0.717) is 11.3 Å². The summed E-state index contributed by atoms with van der Waals surface area (Å²) in [7, 11) is 0. The van der Waals surface area contributed by atoms with E-state index in [2.05, 4.69) is 5.32 Å². The van der Waals surface area contributed by atoms with Crippen LogP contribution in [0.4, 0.5) is 5.69 Å². The minimum absolute atomic E-state index is 0.111. The first-order valence-electron chi connectivity index (χ1n) is 6.21. The lowest BCUT2D eigenvalue weighted by Crippen LogP contribution is -2.37. The first-order valence-corrected chi connectivity index (χ1v) is 6.21. The third-order valence-corrected chi connectivity index (χ3v) is 3.24. The number of benzene rings is 1. The van der Waals surface area contributed by atoms with E-state index in [-0.39, 0.29) is 16.7 Å². The van der Waals surface area contributed by atoms with Gasteiger partial charge in [-0.3, -0.25) is 10.1 Å². The topological polar surface area (TPSA) is 64.4 Å². The molecule has 1 aliphatic rings. The number of rotatable bonds is 3. The van der Waals surface area contributed by atoms with Crippen LogP contribution in [0, 0.1) is 24.0 Å². The summed E-state index contributed by atoms with van der Waals surface area (Å²) in [6.45, 7) is 5.49. The van der Waals surface area contributed by atoms with Crippen LogP contribution in [0.5, 0.6) is 5.75 Å². The SMILES string of the molecule is Cc1cc(C)c([N+](=O)[O-])cc1OC1CCCNC1. The first kappa shape index (κ1) is 12.8.